The molecule has 0 aliphatic carbocycles. The van der Waals surface area contributed by atoms with Gasteiger partial charge in [-0.1, -0.05) is 35.9 Å². The van der Waals surface area contributed by atoms with Gasteiger partial charge in [0.2, 0.25) is 5.91 Å². The van der Waals surface area contributed by atoms with Crippen molar-refractivity contribution in [3.05, 3.63) is 76.5 Å². The molecule has 0 bridgehead atoms. The van der Waals surface area contributed by atoms with Gasteiger partial charge in [-0.3, -0.25) is 19.1 Å². The molecule has 270 valence electrons. The van der Waals surface area contributed by atoms with Crippen LogP contribution in [0.4, 0.5) is 5.69 Å². The van der Waals surface area contributed by atoms with E-state index in [1.165, 1.54) is 0 Å². The molecule has 0 spiro atoms. The molecule has 6 rings (SSSR count). The smallest absolute Gasteiger partial charge is 0.291 e. The van der Waals surface area contributed by atoms with Crippen LogP contribution in [0.3, 0.4) is 0 Å². The van der Waals surface area contributed by atoms with E-state index in [1.807, 2.05) is 28.6 Å². The van der Waals surface area contributed by atoms with Crippen LogP contribution in [-0.2, 0) is 23.1 Å². The number of methoxy groups -OCH3 is 1. The Morgan fingerprint density at radius 1 is 0.961 bits per heavy atom. The summed E-state index contributed by atoms with van der Waals surface area (Å²) in [6.07, 6.45) is 3.49. The van der Waals surface area contributed by atoms with Gasteiger partial charge < -0.3 is 28.9 Å². The quantitative estimate of drug-likeness (QED) is 0.247. The second kappa shape index (κ2) is 15.0. The molecule has 12 nitrogen and oxygen atoms in total. The molecule has 4 aromatic rings. The number of anilines is 1. The summed E-state index contributed by atoms with van der Waals surface area (Å²) in [5.41, 5.74) is 6.72. The number of carbonyl (C=O) groups excluding carboxylic acids is 3. The summed E-state index contributed by atoms with van der Waals surface area (Å²) in [5, 5.41) is 7.79. The SMILES string of the molecule is COCCn1nc(C)c(-c2ccc(-c3cnc(C(=O)Nc4ccc(C(=O)N5CCN(C(=O)C6CC[N+](C)(C)CC6)CC5)c(Cl)c4)n3C)cc2)c1C. The van der Waals surface area contributed by atoms with E-state index in [1.54, 1.807) is 48.0 Å². The fourth-order valence-corrected chi connectivity index (χ4v) is 7.49. The molecule has 0 radical (unpaired) electrons. The van der Waals surface area contributed by atoms with Gasteiger partial charge in [0.25, 0.3) is 11.8 Å². The van der Waals surface area contributed by atoms with Crippen molar-refractivity contribution in [2.24, 2.45) is 13.0 Å². The number of benzene rings is 2. The van der Waals surface area contributed by atoms with Gasteiger partial charge in [0, 0.05) is 76.0 Å². The minimum absolute atomic E-state index is 0.0716. The zero-order chi connectivity index (χ0) is 36.4. The molecule has 0 unspecified atom stereocenters. The number of amides is 3. The minimum Gasteiger partial charge on any atom is -0.383 e. The number of piperidine rings is 1. The van der Waals surface area contributed by atoms with E-state index in [0.717, 1.165) is 64.2 Å². The van der Waals surface area contributed by atoms with Crippen molar-refractivity contribution in [3.8, 4) is 22.4 Å². The average Bonchev–Trinajstić information content (AvgIpc) is 3.64. The fourth-order valence-electron chi connectivity index (χ4n) is 7.23. The van der Waals surface area contributed by atoms with Crippen molar-refractivity contribution in [1.29, 1.82) is 0 Å². The molecule has 3 amide bonds. The molecule has 0 atom stereocenters. The Kier molecular flexibility index (Phi) is 10.7. The van der Waals surface area contributed by atoms with Crippen LogP contribution in [0.2, 0.25) is 5.02 Å². The lowest BCUT2D eigenvalue weighted by atomic mass is 9.94. The van der Waals surface area contributed by atoms with Gasteiger partial charge in [0.1, 0.15) is 0 Å². The molecule has 2 aliphatic heterocycles. The lowest BCUT2D eigenvalue weighted by Crippen LogP contribution is -2.54. The van der Waals surface area contributed by atoms with Gasteiger partial charge in [-0.05, 0) is 43.2 Å². The summed E-state index contributed by atoms with van der Waals surface area (Å²) >= 11 is 6.60. The Labute approximate surface area is 304 Å². The van der Waals surface area contributed by atoms with E-state index < -0.39 is 5.91 Å². The summed E-state index contributed by atoms with van der Waals surface area (Å²) in [6.45, 7) is 9.31. The second-order valence-corrected chi connectivity index (χ2v) is 14.7. The molecular formula is C38H48ClN8O4+. The van der Waals surface area contributed by atoms with Crippen molar-refractivity contribution < 1.29 is 23.6 Å². The molecule has 2 aromatic carbocycles. The predicted octanol–water partition coefficient (Wildman–Crippen LogP) is 4.89. The normalized spacial score (nSPS) is 16.4. The summed E-state index contributed by atoms with van der Waals surface area (Å²) in [7, 11) is 7.90. The molecular weight excluding hydrogens is 668 g/mol. The Hall–Kier alpha value is -4.52. The number of nitrogens with one attached hydrogen (secondary N) is 1. The maximum atomic E-state index is 13.4. The lowest BCUT2D eigenvalue weighted by Gasteiger charge is -2.40. The van der Waals surface area contributed by atoms with Gasteiger partial charge >= 0.3 is 0 Å². The molecule has 4 heterocycles. The van der Waals surface area contributed by atoms with Crippen LogP contribution in [0, 0.1) is 19.8 Å². The van der Waals surface area contributed by atoms with Crippen LogP contribution in [0.1, 0.15) is 45.2 Å². The van der Waals surface area contributed by atoms with Gasteiger partial charge in [-0.25, -0.2) is 4.98 Å². The number of carbonyl (C=O) groups is 3. The third kappa shape index (κ3) is 7.73. The lowest BCUT2D eigenvalue weighted by molar-refractivity contribution is -0.895. The zero-order valence-corrected chi connectivity index (χ0v) is 31.2. The summed E-state index contributed by atoms with van der Waals surface area (Å²) in [5.74, 6) is -0.0679. The van der Waals surface area contributed by atoms with Crippen molar-refractivity contribution in [2.45, 2.75) is 33.2 Å². The van der Waals surface area contributed by atoms with Crippen molar-refractivity contribution in [1.82, 2.24) is 29.1 Å². The summed E-state index contributed by atoms with van der Waals surface area (Å²) in [4.78, 5) is 47.9. The summed E-state index contributed by atoms with van der Waals surface area (Å²) in [6, 6.07) is 13.0. The number of ether oxygens (including phenoxy) is 1. The number of hydrogen-bond donors (Lipinski definition) is 1. The van der Waals surface area contributed by atoms with Crippen LogP contribution in [-0.4, -0.2) is 118 Å². The maximum Gasteiger partial charge on any atom is 0.291 e. The zero-order valence-electron chi connectivity index (χ0n) is 30.4. The highest BCUT2D eigenvalue weighted by Gasteiger charge is 2.35. The van der Waals surface area contributed by atoms with Crippen molar-refractivity contribution in [2.75, 3.05) is 72.4 Å². The number of piperazine rings is 1. The Balaban J connectivity index is 1.06. The van der Waals surface area contributed by atoms with E-state index in [-0.39, 0.29) is 28.6 Å². The first-order chi connectivity index (χ1) is 24.4. The first-order valence-corrected chi connectivity index (χ1v) is 17.9. The number of hydrogen-bond acceptors (Lipinski definition) is 6. The first kappa shape index (κ1) is 36.3. The molecule has 51 heavy (non-hydrogen) atoms. The molecule has 2 saturated heterocycles. The largest absolute Gasteiger partial charge is 0.383 e. The van der Waals surface area contributed by atoms with Gasteiger partial charge in [0.05, 0.1) is 68.5 Å². The monoisotopic (exact) mass is 715 g/mol. The van der Waals surface area contributed by atoms with Gasteiger partial charge in [0.15, 0.2) is 5.82 Å². The van der Waals surface area contributed by atoms with E-state index in [0.29, 0.717) is 50.6 Å². The minimum atomic E-state index is -0.397. The Morgan fingerprint density at radius 3 is 2.25 bits per heavy atom. The highest BCUT2D eigenvalue weighted by molar-refractivity contribution is 6.34. The van der Waals surface area contributed by atoms with E-state index >= 15 is 0 Å². The number of halogens is 1. The Morgan fingerprint density at radius 2 is 1.61 bits per heavy atom. The van der Waals surface area contributed by atoms with Crippen molar-refractivity contribution >= 4 is 35.0 Å². The molecule has 2 aliphatic rings. The first-order valence-electron chi connectivity index (χ1n) is 17.5. The molecule has 0 saturated carbocycles. The average molecular weight is 716 g/mol. The van der Waals surface area contributed by atoms with Gasteiger partial charge in [-0.15, -0.1) is 0 Å². The fraction of sp³-hybridized carbons (Fsp3) is 0.447. The van der Waals surface area contributed by atoms with Crippen LogP contribution in [0.5, 0.6) is 0 Å². The third-order valence-electron chi connectivity index (χ3n) is 10.4. The molecule has 2 fully saturated rings. The highest BCUT2D eigenvalue weighted by Crippen LogP contribution is 2.30. The third-order valence-corrected chi connectivity index (χ3v) is 10.7. The number of quaternary nitrogens is 1. The number of nitrogens with zero attached hydrogens (tertiary/aromatic N) is 7. The van der Waals surface area contributed by atoms with E-state index in [4.69, 9.17) is 16.3 Å². The maximum absolute atomic E-state index is 13.4. The molecule has 1 N–H and O–H groups in total. The van der Waals surface area contributed by atoms with Crippen LogP contribution < -0.4 is 5.32 Å². The van der Waals surface area contributed by atoms with Gasteiger partial charge in [-0.2, -0.15) is 5.10 Å². The van der Waals surface area contributed by atoms with Crippen LogP contribution >= 0.6 is 11.6 Å². The second-order valence-electron chi connectivity index (χ2n) is 14.3. The summed E-state index contributed by atoms with van der Waals surface area (Å²) < 4.78 is 9.90. The number of aromatic nitrogens is 4. The Bertz CT molecular complexity index is 1910. The van der Waals surface area contributed by atoms with Crippen molar-refractivity contribution in [3.63, 3.8) is 0 Å². The number of likely N-dealkylation sites (tertiary alicyclic amines) is 1. The van der Waals surface area contributed by atoms with Crippen LogP contribution in [0.15, 0.2) is 48.7 Å². The molecule has 13 heteroatoms. The van der Waals surface area contributed by atoms with E-state index in [9.17, 15) is 14.4 Å². The highest BCUT2D eigenvalue weighted by atomic mass is 35.5. The number of aryl methyl sites for hydroxylation is 1. The standard InChI is InChI=1S/C38H47ClN8O4/c1-25-34(26(2)46(42-25)19-22-51-6)28-9-7-27(8-10-28)33-24-40-35(43(33)3)36(48)41-30-11-12-31(32(39)23-30)38(50)45-17-15-44(16-18-45)37(49)29-13-20-47(4,5)21-14-29/h7-12,23-24,29H,13-22H2,1-6H3/p+1. The van der Waals surface area contributed by atoms with Crippen LogP contribution in [0.25, 0.3) is 22.4 Å². The number of rotatable bonds is 9. The topological polar surface area (TPSA) is 115 Å². The van der Waals surface area contributed by atoms with E-state index in [2.05, 4.69) is 48.6 Å². The number of imidazole rings is 1. The molecule has 2 aromatic heterocycles. The predicted molar refractivity (Wildman–Crippen MR) is 198 cm³/mol.